The van der Waals surface area contributed by atoms with E-state index in [0.29, 0.717) is 0 Å². The number of carbonyl (C=O) groups is 1. The molecule has 0 atom stereocenters. The van der Waals surface area contributed by atoms with E-state index in [1.807, 2.05) is 0 Å². The van der Waals surface area contributed by atoms with Crippen LogP contribution in [0.1, 0.15) is 13.8 Å². The van der Waals surface area contributed by atoms with Crippen molar-refractivity contribution in [2.24, 2.45) is 5.92 Å². The molecule has 2 radical (unpaired) electrons. The van der Waals surface area contributed by atoms with E-state index in [0.717, 1.165) is 0 Å². The average molecular weight is 128 g/mol. The van der Waals surface area contributed by atoms with Crippen molar-refractivity contribution >= 4 is 5.97 Å². The third-order valence-corrected chi connectivity index (χ3v) is 0.754. The molecule has 0 heterocycles. The van der Waals surface area contributed by atoms with Gasteiger partial charge < -0.3 is 4.74 Å². The Hall–Kier alpha value is -0.530. The van der Waals surface area contributed by atoms with Crippen LogP contribution in [0.2, 0.25) is 0 Å². The summed E-state index contributed by atoms with van der Waals surface area (Å²) in [6.07, 6.45) is -0.486. The minimum atomic E-state index is -0.486. The van der Waals surface area contributed by atoms with Gasteiger partial charge in [0.25, 0.3) is 0 Å². The van der Waals surface area contributed by atoms with Crippen molar-refractivity contribution in [3.05, 3.63) is 13.8 Å². The molecule has 0 aromatic heterocycles. The van der Waals surface area contributed by atoms with E-state index in [1.165, 1.54) is 0 Å². The lowest BCUT2D eigenvalue weighted by atomic mass is 10.2. The Kier molecular flexibility index (Phi) is 3.28. The van der Waals surface area contributed by atoms with Gasteiger partial charge in [0.15, 0.2) is 0 Å². The summed E-state index contributed by atoms with van der Waals surface area (Å²) in [7, 11) is 0. The second-order valence-electron chi connectivity index (χ2n) is 2.21. The predicted molar refractivity (Wildman–Crippen MR) is 35.4 cm³/mol. The van der Waals surface area contributed by atoms with Gasteiger partial charge in [-0.05, 0) is 13.8 Å². The van der Waals surface area contributed by atoms with Crippen LogP contribution in [0, 0.1) is 19.8 Å². The van der Waals surface area contributed by atoms with E-state index in [-0.39, 0.29) is 11.9 Å². The van der Waals surface area contributed by atoms with Gasteiger partial charge in [0.2, 0.25) is 0 Å². The summed E-state index contributed by atoms with van der Waals surface area (Å²) in [5, 5.41) is 0. The van der Waals surface area contributed by atoms with Crippen LogP contribution >= 0.6 is 0 Å². The van der Waals surface area contributed by atoms with Crippen LogP contribution in [0.4, 0.5) is 0 Å². The topological polar surface area (TPSA) is 26.3 Å². The second kappa shape index (κ2) is 3.49. The Morgan fingerprint density at radius 3 is 2.00 bits per heavy atom. The zero-order chi connectivity index (χ0) is 7.44. The van der Waals surface area contributed by atoms with Gasteiger partial charge in [0.1, 0.15) is 6.10 Å². The lowest BCUT2D eigenvalue weighted by Crippen LogP contribution is -2.16. The number of rotatable bonds is 2. The van der Waals surface area contributed by atoms with Gasteiger partial charge in [0, 0.05) is 0 Å². The normalized spacial score (nSPS) is 10.4. The van der Waals surface area contributed by atoms with E-state index in [9.17, 15) is 4.79 Å². The Labute approximate surface area is 56.2 Å². The zero-order valence-electron chi connectivity index (χ0n) is 5.89. The summed E-state index contributed by atoms with van der Waals surface area (Å²) in [5.41, 5.74) is 0. The highest BCUT2D eigenvalue weighted by Gasteiger charge is 2.08. The molecule has 0 unspecified atom stereocenters. The zero-order valence-corrected chi connectivity index (χ0v) is 5.89. The quantitative estimate of drug-likeness (QED) is 0.523. The molecule has 0 aliphatic carbocycles. The number of hydrogen-bond donors (Lipinski definition) is 0. The lowest BCUT2D eigenvalue weighted by Gasteiger charge is -2.08. The Balaban J connectivity index is 3.51. The molecule has 0 aromatic carbocycles. The molecule has 0 saturated heterocycles. The number of esters is 1. The molecule has 9 heavy (non-hydrogen) atoms. The van der Waals surface area contributed by atoms with E-state index in [2.05, 4.69) is 18.6 Å². The van der Waals surface area contributed by atoms with Crippen molar-refractivity contribution in [2.45, 2.75) is 20.0 Å². The van der Waals surface area contributed by atoms with Crippen molar-refractivity contribution in [3.63, 3.8) is 0 Å². The summed E-state index contributed by atoms with van der Waals surface area (Å²) >= 11 is 0. The number of hydrogen-bond acceptors (Lipinski definition) is 2. The van der Waals surface area contributed by atoms with Crippen LogP contribution in [0.25, 0.3) is 0 Å². The van der Waals surface area contributed by atoms with Crippen molar-refractivity contribution < 1.29 is 9.53 Å². The van der Waals surface area contributed by atoms with E-state index in [1.54, 1.807) is 13.8 Å². The lowest BCUT2D eigenvalue weighted by molar-refractivity contribution is -0.149. The smallest absolute Gasteiger partial charge is 0.308 e. The molecule has 0 saturated carbocycles. The fraction of sp³-hybridized carbons (Fsp3) is 0.571. The fourth-order valence-corrected chi connectivity index (χ4v) is 0.300. The second-order valence-corrected chi connectivity index (χ2v) is 2.21. The van der Waals surface area contributed by atoms with Crippen LogP contribution in [-0.2, 0) is 9.53 Å². The highest BCUT2D eigenvalue weighted by molar-refractivity contribution is 5.71. The van der Waals surface area contributed by atoms with Crippen LogP contribution in [-0.4, -0.2) is 12.1 Å². The Morgan fingerprint density at radius 1 is 1.44 bits per heavy atom. The first kappa shape index (κ1) is 8.47. The number of carbonyl (C=O) groups excluding carboxylic acids is 1. The maximum Gasteiger partial charge on any atom is 0.308 e. The largest absolute Gasteiger partial charge is 0.462 e. The van der Waals surface area contributed by atoms with Gasteiger partial charge in [-0.15, -0.1) is 0 Å². The third-order valence-electron chi connectivity index (χ3n) is 0.754. The summed E-state index contributed by atoms with van der Waals surface area (Å²) < 4.78 is 4.65. The van der Waals surface area contributed by atoms with Crippen LogP contribution < -0.4 is 0 Å². The first-order valence-electron chi connectivity index (χ1n) is 2.90. The molecule has 0 N–H and O–H groups in total. The molecular weight excluding hydrogens is 116 g/mol. The van der Waals surface area contributed by atoms with Gasteiger partial charge in [-0.1, -0.05) is 13.8 Å². The van der Waals surface area contributed by atoms with E-state index >= 15 is 0 Å². The highest BCUT2D eigenvalue weighted by Crippen LogP contribution is 1.98. The molecule has 0 bridgehead atoms. The molecule has 0 aliphatic rings. The average Bonchev–Trinajstić information content (AvgIpc) is 1.63. The van der Waals surface area contributed by atoms with E-state index in [4.69, 9.17) is 0 Å². The van der Waals surface area contributed by atoms with Gasteiger partial charge in [-0.2, -0.15) is 0 Å². The van der Waals surface area contributed by atoms with Gasteiger partial charge >= 0.3 is 5.97 Å². The monoisotopic (exact) mass is 128 g/mol. The van der Waals surface area contributed by atoms with Gasteiger partial charge in [-0.25, -0.2) is 0 Å². The first-order chi connectivity index (χ1) is 4.04. The summed E-state index contributed by atoms with van der Waals surface area (Å²) in [6.45, 7) is 10.4. The summed E-state index contributed by atoms with van der Waals surface area (Å²) in [6, 6.07) is 0. The molecule has 0 amide bonds. The third kappa shape index (κ3) is 4.01. The standard InChI is InChI=1S/C7H12O2/c1-5(2)7(8)9-6(3)4/h5-6H,3-4H2,1-2H3. The minimum Gasteiger partial charge on any atom is -0.462 e. The molecule has 0 aromatic rings. The fourth-order valence-electron chi connectivity index (χ4n) is 0.300. The Morgan fingerprint density at radius 2 is 1.89 bits per heavy atom. The SMILES string of the molecule is [CH2]C([CH2])OC(=O)C(C)C. The highest BCUT2D eigenvalue weighted by atomic mass is 16.5. The predicted octanol–water partition coefficient (Wildman–Crippen LogP) is 1.22. The maximum atomic E-state index is 10.7. The van der Waals surface area contributed by atoms with Crippen molar-refractivity contribution in [1.82, 2.24) is 0 Å². The number of ether oxygens (including phenoxy) is 1. The van der Waals surface area contributed by atoms with Crippen LogP contribution in [0.5, 0.6) is 0 Å². The molecule has 2 heteroatoms. The van der Waals surface area contributed by atoms with E-state index < -0.39 is 6.10 Å². The van der Waals surface area contributed by atoms with Gasteiger partial charge in [-0.3, -0.25) is 4.79 Å². The Bertz CT molecular complexity index is 95.1. The van der Waals surface area contributed by atoms with Crippen LogP contribution in [0.3, 0.4) is 0 Å². The minimum absolute atomic E-state index is 0.0870. The molecule has 0 spiro atoms. The summed E-state index contributed by atoms with van der Waals surface area (Å²) in [4.78, 5) is 10.7. The summed E-state index contributed by atoms with van der Waals surface area (Å²) in [5.74, 6) is -0.332. The van der Waals surface area contributed by atoms with Crippen molar-refractivity contribution in [2.75, 3.05) is 0 Å². The molecule has 52 valence electrons. The van der Waals surface area contributed by atoms with Crippen molar-refractivity contribution in [1.29, 1.82) is 0 Å². The molecule has 0 aliphatic heterocycles. The van der Waals surface area contributed by atoms with Gasteiger partial charge in [0.05, 0.1) is 5.92 Å². The molecule has 0 fully saturated rings. The molecule has 2 nitrogen and oxygen atoms in total. The first-order valence-corrected chi connectivity index (χ1v) is 2.90. The molecular formula is C7H12O2. The van der Waals surface area contributed by atoms with Crippen LogP contribution in [0.15, 0.2) is 0 Å². The maximum absolute atomic E-state index is 10.7. The van der Waals surface area contributed by atoms with Crippen molar-refractivity contribution in [3.8, 4) is 0 Å². The molecule has 0 rings (SSSR count).